The Morgan fingerprint density at radius 3 is 2.63 bits per heavy atom. The van der Waals surface area contributed by atoms with E-state index >= 15 is 0 Å². The van der Waals surface area contributed by atoms with Crippen LogP contribution in [0.25, 0.3) is 0 Å². The Morgan fingerprint density at radius 1 is 1.21 bits per heavy atom. The molecule has 0 amide bonds. The van der Waals surface area contributed by atoms with Crippen molar-refractivity contribution in [2.45, 2.75) is 12.5 Å². The van der Waals surface area contributed by atoms with E-state index in [0.29, 0.717) is 16.5 Å². The van der Waals surface area contributed by atoms with Crippen LogP contribution in [-0.4, -0.2) is 0 Å². The van der Waals surface area contributed by atoms with Crippen molar-refractivity contribution in [3.63, 3.8) is 0 Å². The first-order chi connectivity index (χ1) is 8.99. The quantitative estimate of drug-likeness (QED) is 0.692. The first-order valence-electron chi connectivity index (χ1n) is 5.62. The summed E-state index contributed by atoms with van der Waals surface area (Å²) < 4.78 is 15.6. The monoisotopic (exact) mass is 405 g/mol. The molecule has 2 aromatic rings. The van der Waals surface area contributed by atoms with Crippen LogP contribution in [0.3, 0.4) is 0 Å². The fourth-order valence-corrected chi connectivity index (χ4v) is 2.78. The summed E-state index contributed by atoms with van der Waals surface area (Å²) in [6.45, 7) is 0. The van der Waals surface area contributed by atoms with Gasteiger partial charge in [-0.3, -0.25) is 0 Å². The maximum atomic E-state index is 14.0. The molecule has 0 heterocycles. The minimum absolute atomic E-state index is 0.0715. The zero-order valence-electron chi connectivity index (χ0n) is 9.84. The smallest absolute Gasteiger partial charge is 0.147 e. The average Bonchev–Trinajstić information content (AvgIpc) is 2.36. The van der Waals surface area contributed by atoms with Crippen LogP contribution in [0.2, 0.25) is 5.02 Å². The van der Waals surface area contributed by atoms with Gasteiger partial charge in [0.15, 0.2) is 0 Å². The van der Waals surface area contributed by atoms with Gasteiger partial charge in [-0.25, -0.2) is 4.39 Å². The predicted molar refractivity (Wildman–Crippen MR) is 83.9 cm³/mol. The Bertz CT molecular complexity index is 604. The first kappa shape index (κ1) is 15.0. The lowest BCUT2D eigenvalue weighted by Gasteiger charge is -2.14. The van der Waals surface area contributed by atoms with Gasteiger partial charge >= 0.3 is 0 Å². The highest BCUT2D eigenvalue weighted by Crippen LogP contribution is 2.31. The second-order valence-corrected chi connectivity index (χ2v) is 6.35. The summed E-state index contributed by atoms with van der Waals surface area (Å²) in [7, 11) is 0. The second-order valence-electron chi connectivity index (χ2n) is 4.21. The molecule has 1 nitrogen and oxygen atoms in total. The molecule has 0 fully saturated rings. The summed E-state index contributed by atoms with van der Waals surface area (Å²) in [5, 5.41) is 0.0715. The molecule has 2 rings (SSSR count). The fourth-order valence-electron chi connectivity index (χ4n) is 1.86. The third-order valence-corrected chi connectivity index (χ3v) is 4.56. The maximum absolute atomic E-state index is 14.0. The average molecular weight is 408 g/mol. The second kappa shape index (κ2) is 6.35. The normalized spacial score (nSPS) is 12.5. The highest BCUT2D eigenvalue weighted by molar-refractivity contribution is 9.10. The standard InChI is InChI=1S/C14H11Br2ClFN/c15-9-3-1-2-8(6-9)7-12(19)10-4-5-11(16)13(17)14(10)18/h1-6,12H,7,19H2. The molecule has 0 saturated carbocycles. The van der Waals surface area contributed by atoms with E-state index in [0.717, 1.165) is 10.0 Å². The SMILES string of the molecule is NC(Cc1cccc(Br)c1)c1ccc(Br)c(Cl)c1F. The van der Waals surface area contributed by atoms with Crippen molar-refractivity contribution in [3.8, 4) is 0 Å². The lowest BCUT2D eigenvalue weighted by Crippen LogP contribution is -2.15. The van der Waals surface area contributed by atoms with E-state index in [4.69, 9.17) is 17.3 Å². The molecular formula is C14H11Br2ClFN. The minimum atomic E-state index is -0.460. The van der Waals surface area contributed by atoms with Crippen molar-refractivity contribution in [2.24, 2.45) is 5.73 Å². The van der Waals surface area contributed by atoms with Crippen molar-refractivity contribution in [1.82, 2.24) is 0 Å². The molecule has 5 heteroatoms. The van der Waals surface area contributed by atoms with Crippen LogP contribution in [-0.2, 0) is 6.42 Å². The van der Waals surface area contributed by atoms with E-state index in [1.165, 1.54) is 0 Å². The van der Waals surface area contributed by atoms with E-state index in [1.54, 1.807) is 12.1 Å². The molecule has 1 unspecified atom stereocenters. The number of nitrogens with two attached hydrogens (primary N) is 1. The third kappa shape index (κ3) is 3.57. The van der Waals surface area contributed by atoms with Gasteiger partial charge in [-0.15, -0.1) is 0 Å². The van der Waals surface area contributed by atoms with Crippen molar-refractivity contribution in [2.75, 3.05) is 0 Å². The van der Waals surface area contributed by atoms with E-state index in [1.807, 2.05) is 24.3 Å². The van der Waals surface area contributed by atoms with Crippen LogP contribution in [0, 0.1) is 5.82 Å². The molecule has 0 radical (unpaired) electrons. The van der Waals surface area contributed by atoms with Crippen LogP contribution >= 0.6 is 43.5 Å². The molecule has 0 aliphatic heterocycles. The van der Waals surface area contributed by atoms with Crippen LogP contribution in [0.1, 0.15) is 17.2 Å². The van der Waals surface area contributed by atoms with Crippen LogP contribution < -0.4 is 5.73 Å². The first-order valence-corrected chi connectivity index (χ1v) is 7.59. The van der Waals surface area contributed by atoms with Gasteiger partial charge in [-0.1, -0.05) is 45.7 Å². The molecule has 100 valence electrons. The lowest BCUT2D eigenvalue weighted by atomic mass is 9.99. The van der Waals surface area contributed by atoms with Crippen molar-refractivity contribution in [1.29, 1.82) is 0 Å². The third-order valence-electron chi connectivity index (χ3n) is 2.81. The van der Waals surface area contributed by atoms with Crippen LogP contribution in [0.5, 0.6) is 0 Å². The van der Waals surface area contributed by atoms with Gasteiger partial charge in [0.25, 0.3) is 0 Å². The molecule has 0 aromatic heterocycles. The topological polar surface area (TPSA) is 26.0 Å². The van der Waals surface area contributed by atoms with E-state index < -0.39 is 11.9 Å². The van der Waals surface area contributed by atoms with Gasteiger partial charge in [-0.2, -0.15) is 0 Å². The Hall–Kier alpha value is -0.420. The number of hydrogen-bond acceptors (Lipinski definition) is 1. The Morgan fingerprint density at radius 2 is 1.95 bits per heavy atom. The predicted octanol–water partition coefficient (Wildman–Crippen LogP) is 5.25. The molecule has 1 atom stereocenters. The Labute approximate surface area is 133 Å². The van der Waals surface area contributed by atoms with E-state index in [2.05, 4.69) is 31.9 Å². The van der Waals surface area contributed by atoms with Crippen molar-refractivity contribution >= 4 is 43.5 Å². The highest BCUT2D eigenvalue weighted by atomic mass is 79.9. The molecule has 2 aromatic carbocycles. The fraction of sp³-hybridized carbons (Fsp3) is 0.143. The van der Waals surface area contributed by atoms with Crippen LogP contribution in [0.4, 0.5) is 4.39 Å². The number of halogens is 4. The summed E-state index contributed by atoms with van der Waals surface area (Å²) >= 11 is 12.5. The summed E-state index contributed by atoms with van der Waals surface area (Å²) in [6.07, 6.45) is 0.550. The van der Waals surface area contributed by atoms with E-state index in [-0.39, 0.29) is 5.02 Å². The van der Waals surface area contributed by atoms with Crippen LogP contribution in [0.15, 0.2) is 45.3 Å². The largest absolute Gasteiger partial charge is 0.324 e. The summed E-state index contributed by atoms with van der Waals surface area (Å²) in [6, 6.07) is 10.7. The molecule has 0 saturated heterocycles. The molecule has 0 spiro atoms. The van der Waals surface area contributed by atoms with Gasteiger partial charge in [0.2, 0.25) is 0 Å². The lowest BCUT2D eigenvalue weighted by molar-refractivity contribution is 0.580. The van der Waals surface area contributed by atoms with Crippen molar-refractivity contribution in [3.05, 3.63) is 67.3 Å². The number of benzene rings is 2. The molecule has 19 heavy (non-hydrogen) atoms. The van der Waals surface area contributed by atoms with Gasteiger partial charge in [0.1, 0.15) is 5.82 Å². The molecule has 0 aliphatic carbocycles. The molecule has 0 bridgehead atoms. The minimum Gasteiger partial charge on any atom is -0.324 e. The zero-order chi connectivity index (χ0) is 14.0. The maximum Gasteiger partial charge on any atom is 0.147 e. The Balaban J connectivity index is 2.25. The van der Waals surface area contributed by atoms with Gasteiger partial charge in [0, 0.05) is 20.6 Å². The highest BCUT2D eigenvalue weighted by Gasteiger charge is 2.16. The number of rotatable bonds is 3. The summed E-state index contributed by atoms with van der Waals surface area (Å²) in [4.78, 5) is 0. The Kier molecular flexibility index (Phi) is 5.01. The zero-order valence-corrected chi connectivity index (χ0v) is 13.8. The van der Waals surface area contributed by atoms with Gasteiger partial charge in [0.05, 0.1) is 5.02 Å². The van der Waals surface area contributed by atoms with Crippen molar-refractivity contribution < 1.29 is 4.39 Å². The summed E-state index contributed by atoms with van der Waals surface area (Å²) in [5.41, 5.74) is 7.53. The van der Waals surface area contributed by atoms with Gasteiger partial charge in [-0.05, 0) is 46.1 Å². The van der Waals surface area contributed by atoms with Gasteiger partial charge < -0.3 is 5.73 Å². The molecular weight excluding hydrogens is 396 g/mol. The van der Waals surface area contributed by atoms with E-state index in [9.17, 15) is 4.39 Å². The molecule has 0 aliphatic rings. The summed E-state index contributed by atoms with van der Waals surface area (Å²) in [5.74, 6) is -0.460. The number of hydrogen-bond donors (Lipinski definition) is 1. The molecule has 2 N–H and O–H groups in total.